The molecule has 0 fully saturated rings. The van der Waals surface area contributed by atoms with E-state index in [-0.39, 0.29) is 5.91 Å². The van der Waals surface area contributed by atoms with Crippen LogP contribution >= 0.6 is 39.3 Å². The van der Waals surface area contributed by atoms with Crippen molar-refractivity contribution in [2.75, 3.05) is 11.6 Å². The van der Waals surface area contributed by atoms with E-state index in [9.17, 15) is 4.79 Å². The second kappa shape index (κ2) is 6.46. The van der Waals surface area contributed by atoms with Crippen molar-refractivity contribution in [3.05, 3.63) is 57.5 Å². The van der Waals surface area contributed by atoms with E-state index in [1.54, 1.807) is 18.2 Å². The summed E-state index contributed by atoms with van der Waals surface area (Å²) in [7, 11) is 0. The molecule has 2 rings (SSSR count). The molecule has 0 saturated heterocycles. The van der Waals surface area contributed by atoms with Crippen molar-refractivity contribution >= 4 is 50.9 Å². The van der Waals surface area contributed by atoms with Gasteiger partial charge in [0.15, 0.2) is 0 Å². The maximum atomic E-state index is 12.2. The summed E-state index contributed by atoms with van der Waals surface area (Å²) in [6, 6.07) is 12.8. The number of thioether (sulfide) groups is 1. The molecule has 1 N–H and O–H groups in total. The summed E-state index contributed by atoms with van der Waals surface area (Å²) in [5, 5.41) is 3.33. The summed E-state index contributed by atoms with van der Waals surface area (Å²) in [6.45, 7) is 0. The molecule has 5 heteroatoms. The lowest BCUT2D eigenvalue weighted by Crippen LogP contribution is -2.13. The number of rotatable bonds is 3. The Bertz CT molecular complexity index is 618. The summed E-state index contributed by atoms with van der Waals surface area (Å²) >= 11 is 11.0. The SMILES string of the molecule is CSc1ccccc1C(=O)Nc1ccc(Br)cc1Cl. The van der Waals surface area contributed by atoms with Gasteiger partial charge in [-0.1, -0.05) is 39.7 Å². The molecule has 2 aromatic rings. The topological polar surface area (TPSA) is 29.1 Å². The number of hydrogen-bond donors (Lipinski definition) is 1. The highest BCUT2D eigenvalue weighted by Crippen LogP contribution is 2.27. The molecule has 0 atom stereocenters. The molecule has 0 heterocycles. The number of anilines is 1. The monoisotopic (exact) mass is 355 g/mol. The van der Waals surface area contributed by atoms with Crippen molar-refractivity contribution in [2.24, 2.45) is 0 Å². The van der Waals surface area contributed by atoms with E-state index in [2.05, 4.69) is 21.2 Å². The predicted octanol–water partition coefficient (Wildman–Crippen LogP) is 5.08. The van der Waals surface area contributed by atoms with Gasteiger partial charge in [-0.2, -0.15) is 0 Å². The van der Waals surface area contributed by atoms with Gasteiger partial charge in [-0.05, 0) is 36.6 Å². The van der Waals surface area contributed by atoms with Crippen molar-refractivity contribution in [2.45, 2.75) is 4.90 Å². The quantitative estimate of drug-likeness (QED) is 0.777. The lowest BCUT2D eigenvalue weighted by molar-refractivity contribution is 0.102. The number of hydrogen-bond acceptors (Lipinski definition) is 2. The Morgan fingerprint density at radius 3 is 2.68 bits per heavy atom. The normalized spacial score (nSPS) is 10.3. The smallest absolute Gasteiger partial charge is 0.256 e. The first-order valence-electron chi connectivity index (χ1n) is 5.51. The van der Waals surface area contributed by atoms with Gasteiger partial charge in [-0.15, -0.1) is 11.8 Å². The molecular formula is C14H11BrClNOS. The van der Waals surface area contributed by atoms with Gasteiger partial charge in [0.2, 0.25) is 0 Å². The average Bonchev–Trinajstić information content (AvgIpc) is 2.41. The van der Waals surface area contributed by atoms with Crippen LogP contribution in [-0.4, -0.2) is 12.2 Å². The van der Waals surface area contributed by atoms with E-state index < -0.39 is 0 Å². The highest BCUT2D eigenvalue weighted by Gasteiger charge is 2.12. The number of amides is 1. The second-order valence-corrected chi connectivity index (χ2v) is 5.95. The first kappa shape index (κ1) is 14.4. The van der Waals surface area contributed by atoms with Crippen LogP contribution in [-0.2, 0) is 0 Å². The Labute approximate surface area is 129 Å². The highest BCUT2D eigenvalue weighted by atomic mass is 79.9. The van der Waals surface area contributed by atoms with Gasteiger partial charge in [0.05, 0.1) is 16.3 Å². The van der Waals surface area contributed by atoms with E-state index in [4.69, 9.17) is 11.6 Å². The Kier molecular flexibility index (Phi) is 4.91. The van der Waals surface area contributed by atoms with E-state index in [0.29, 0.717) is 16.3 Å². The van der Waals surface area contributed by atoms with Crippen LogP contribution in [0.15, 0.2) is 51.8 Å². The van der Waals surface area contributed by atoms with E-state index in [1.165, 1.54) is 11.8 Å². The maximum Gasteiger partial charge on any atom is 0.256 e. The van der Waals surface area contributed by atoms with Crippen LogP contribution in [0, 0.1) is 0 Å². The molecule has 19 heavy (non-hydrogen) atoms. The van der Waals surface area contributed by atoms with Crippen LogP contribution in [0.1, 0.15) is 10.4 Å². The Balaban J connectivity index is 2.26. The van der Waals surface area contributed by atoms with E-state index in [0.717, 1.165) is 9.37 Å². The van der Waals surface area contributed by atoms with Crippen LogP contribution in [0.25, 0.3) is 0 Å². The van der Waals surface area contributed by atoms with Gasteiger partial charge in [0, 0.05) is 9.37 Å². The van der Waals surface area contributed by atoms with Crippen molar-refractivity contribution in [1.29, 1.82) is 0 Å². The number of carbonyl (C=O) groups is 1. The predicted molar refractivity (Wildman–Crippen MR) is 85.3 cm³/mol. The first-order valence-corrected chi connectivity index (χ1v) is 7.91. The molecule has 0 aliphatic rings. The summed E-state index contributed by atoms with van der Waals surface area (Å²) in [4.78, 5) is 13.2. The van der Waals surface area contributed by atoms with Gasteiger partial charge in [0.1, 0.15) is 0 Å². The number of halogens is 2. The summed E-state index contributed by atoms with van der Waals surface area (Å²) in [5.41, 5.74) is 1.25. The lowest BCUT2D eigenvalue weighted by atomic mass is 10.2. The minimum Gasteiger partial charge on any atom is -0.321 e. The fourth-order valence-corrected chi connectivity index (χ4v) is 2.93. The Morgan fingerprint density at radius 1 is 1.26 bits per heavy atom. The molecule has 1 amide bonds. The molecular weight excluding hydrogens is 346 g/mol. The molecule has 2 aromatic carbocycles. The molecule has 0 unspecified atom stereocenters. The third-order valence-electron chi connectivity index (χ3n) is 2.53. The van der Waals surface area contributed by atoms with Crippen LogP contribution in [0.5, 0.6) is 0 Å². The molecule has 0 radical (unpaired) electrons. The number of nitrogens with one attached hydrogen (secondary N) is 1. The minimum absolute atomic E-state index is 0.158. The molecule has 0 bridgehead atoms. The average molecular weight is 357 g/mol. The zero-order valence-electron chi connectivity index (χ0n) is 10.1. The van der Waals surface area contributed by atoms with Crippen LogP contribution in [0.4, 0.5) is 5.69 Å². The van der Waals surface area contributed by atoms with Gasteiger partial charge in [-0.25, -0.2) is 0 Å². The fourth-order valence-electron chi connectivity index (χ4n) is 1.61. The summed E-state index contributed by atoms with van der Waals surface area (Å²) in [5.74, 6) is -0.158. The van der Waals surface area contributed by atoms with Gasteiger partial charge < -0.3 is 5.32 Å². The summed E-state index contributed by atoms with van der Waals surface area (Å²) < 4.78 is 0.875. The minimum atomic E-state index is -0.158. The third-order valence-corrected chi connectivity index (χ3v) is 4.13. The molecule has 0 saturated carbocycles. The number of carbonyl (C=O) groups excluding carboxylic acids is 1. The maximum absolute atomic E-state index is 12.2. The molecule has 0 aromatic heterocycles. The van der Waals surface area contributed by atoms with Crippen molar-refractivity contribution < 1.29 is 4.79 Å². The van der Waals surface area contributed by atoms with Crippen LogP contribution in [0.2, 0.25) is 5.02 Å². The van der Waals surface area contributed by atoms with Gasteiger partial charge in [-0.3, -0.25) is 4.79 Å². The standard InChI is InChI=1S/C14H11BrClNOS/c1-19-13-5-3-2-4-10(13)14(18)17-12-7-6-9(15)8-11(12)16/h2-8H,1H3,(H,17,18). The zero-order chi connectivity index (χ0) is 13.8. The second-order valence-electron chi connectivity index (χ2n) is 3.78. The largest absolute Gasteiger partial charge is 0.321 e. The highest BCUT2D eigenvalue weighted by molar-refractivity contribution is 9.10. The number of benzene rings is 2. The zero-order valence-corrected chi connectivity index (χ0v) is 13.3. The molecule has 98 valence electrons. The summed E-state index contributed by atoms with van der Waals surface area (Å²) in [6.07, 6.45) is 1.94. The van der Waals surface area contributed by atoms with Crippen molar-refractivity contribution in [3.63, 3.8) is 0 Å². The van der Waals surface area contributed by atoms with Gasteiger partial charge >= 0.3 is 0 Å². The van der Waals surface area contributed by atoms with Crippen LogP contribution in [0.3, 0.4) is 0 Å². The fraction of sp³-hybridized carbons (Fsp3) is 0.0714. The molecule has 0 aliphatic heterocycles. The third kappa shape index (κ3) is 3.53. The van der Waals surface area contributed by atoms with Crippen molar-refractivity contribution in [1.82, 2.24) is 0 Å². The molecule has 0 aliphatic carbocycles. The molecule has 0 spiro atoms. The van der Waals surface area contributed by atoms with Crippen molar-refractivity contribution in [3.8, 4) is 0 Å². The van der Waals surface area contributed by atoms with E-state index in [1.807, 2.05) is 30.5 Å². The van der Waals surface area contributed by atoms with E-state index >= 15 is 0 Å². The molecule has 2 nitrogen and oxygen atoms in total. The first-order chi connectivity index (χ1) is 9.11. The van der Waals surface area contributed by atoms with Gasteiger partial charge in [0.25, 0.3) is 5.91 Å². The lowest BCUT2D eigenvalue weighted by Gasteiger charge is -2.10. The van der Waals surface area contributed by atoms with Crippen LogP contribution < -0.4 is 5.32 Å². The Morgan fingerprint density at radius 2 is 2.00 bits per heavy atom. The Hall–Kier alpha value is -0.970.